The summed E-state index contributed by atoms with van der Waals surface area (Å²) in [4.78, 5) is 11.8. The van der Waals surface area contributed by atoms with Crippen molar-refractivity contribution >= 4 is 28.9 Å². The highest BCUT2D eigenvalue weighted by Crippen LogP contribution is 2.24. The first-order valence-corrected chi connectivity index (χ1v) is 6.77. The number of hydrogen-bond donors (Lipinski definition) is 2. The fourth-order valence-electron chi connectivity index (χ4n) is 1.83. The van der Waals surface area contributed by atoms with Gasteiger partial charge in [0.25, 0.3) is 0 Å². The lowest BCUT2D eigenvalue weighted by Crippen LogP contribution is -2.13. The summed E-state index contributed by atoms with van der Waals surface area (Å²) < 4.78 is 1.83. The lowest BCUT2D eigenvalue weighted by atomic mass is 10.2. The van der Waals surface area contributed by atoms with Crippen LogP contribution in [0.25, 0.3) is 0 Å². The highest BCUT2D eigenvalue weighted by atomic mass is 35.5. The molecule has 0 unspecified atom stereocenters. The molecule has 0 saturated carbocycles. The van der Waals surface area contributed by atoms with E-state index in [9.17, 15) is 4.79 Å². The molecule has 0 aliphatic carbocycles. The average Bonchev–Trinajstić information content (AvgIpc) is 2.79. The van der Waals surface area contributed by atoms with Crippen molar-refractivity contribution in [3.63, 3.8) is 0 Å². The maximum absolute atomic E-state index is 11.8. The first-order valence-electron chi connectivity index (χ1n) is 6.39. The van der Waals surface area contributed by atoms with Crippen LogP contribution >= 0.6 is 11.6 Å². The van der Waals surface area contributed by atoms with Crippen molar-refractivity contribution in [3.05, 3.63) is 41.2 Å². The second-order valence-corrected chi connectivity index (χ2v) is 5.02. The number of aromatic nitrogens is 2. The number of nitrogens with one attached hydrogen (secondary N) is 1. The zero-order valence-corrected chi connectivity index (χ0v) is 12.0. The minimum absolute atomic E-state index is 0.0689. The maximum atomic E-state index is 11.8. The third-order valence-corrected chi connectivity index (χ3v) is 3.14. The first kappa shape index (κ1) is 14.4. The van der Waals surface area contributed by atoms with Gasteiger partial charge in [-0.15, -0.1) is 0 Å². The molecule has 1 amide bonds. The van der Waals surface area contributed by atoms with Gasteiger partial charge in [-0.3, -0.25) is 9.48 Å². The molecular formula is C14H17ClN4O. The van der Waals surface area contributed by atoms with Crippen LogP contribution in [0.2, 0.25) is 5.02 Å². The normalized spacial score (nSPS) is 10.5. The Labute approximate surface area is 122 Å². The van der Waals surface area contributed by atoms with E-state index in [-0.39, 0.29) is 5.91 Å². The zero-order valence-electron chi connectivity index (χ0n) is 11.3. The van der Waals surface area contributed by atoms with Gasteiger partial charge in [-0.25, -0.2) is 0 Å². The number of nitrogens with two attached hydrogens (primary N) is 1. The largest absolute Gasteiger partial charge is 0.399 e. The van der Waals surface area contributed by atoms with E-state index in [2.05, 4.69) is 10.4 Å². The Kier molecular flexibility index (Phi) is 4.63. The fraction of sp³-hybridized carbons (Fsp3) is 0.286. The number of amides is 1. The SMILES string of the molecule is Cc1ccn(CCCC(=O)Nc2ccc(N)cc2Cl)n1. The lowest BCUT2D eigenvalue weighted by molar-refractivity contribution is -0.116. The smallest absolute Gasteiger partial charge is 0.224 e. The van der Waals surface area contributed by atoms with E-state index < -0.39 is 0 Å². The number of rotatable bonds is 5. The van der Waals surface area contributed by atoms with Gasteiger partial charge in [-0.1, -0.05) is 11.6 Å². The van der Waals surface area contributed by atoms with E-state index in [1.807, 2.05) is 23.9 Å². The third-order valence-electron chi connectivity index (χ3n) is 2.83. The molecule has 1 heterocycles. The molecule has 6 heteroatoms. The Morgan fingerprint density at radius 3 is 2.90 bits per heavy atom. The molecule has 3 N–H and O–H groups in total. The van der Waals surface area contributed by atoms with Crippen LogP contribution in [0.15, 0.2) is 30.5 Å². The maximum Gasteiger partial charge on any atom is 0.224 e. The van der Waals surface area contributed by atoms with Crippen LogP contribution in [0.1, 0.15) is 18.5 Å². The number of benzene rings is 1. The summed E-state index contributed by atoms with van der Waals surface area (Å²) in [5, 5.41) is 7.48. The second-order valence-electron chi connectivity index (χ2n) is 4.61. The summed E-state index contributed by atoms with van der Waals surface area (Å²) in [6, 6.07) is 6.96. The molecule has 2 rings (SSSR count). The van der Waals surface area contributed by atoms with Gasteiger partial charge in [0.2, 0.25) is 5.91 Å². The van der Waals surface area contributed by atoms with Gasteiger partial charge in [-0.2, -0.15) is 5.10 Å². The number of carbonyl (C=O) groups is 1. The highest BCUT2D eigenvalue weighted by Gasteiger charge is 2.06. The topological polar surface area (TPSA) is 72.9 Å². The summed E-state index contributed by atoms with van der Waals surface area (Å²) in [6.07, 6.45) is 3.04. The van der Waals surface area contributed by atoms with E-state index in [4.69, 9.17) is 17.3 Å². The average molecular weight is 293 g/mol. The summed E-state index contributed by atoms with van der Waals surface area (Å²) in [7, 11) is 0. The van der Waals surface area contributed by atoms with Crippen LogP contribution in [-0.2, 0) is 11.3 Å². The van der Waals surface area contributed by atoms with Crippen LogP contribution in [0.4, 0.5) is 11.4 Å². The zero-order chi connectivity index (χ0) is 14.5. The first-order chi connectivity index (χ1) is 9.54. The van der Waals surface area contributed by atoms with E-state index in [0.717, 1.165) is 18.7 Å². The van der Waals surface area contributed by atoms with Gasteiger partial charge in [-0.05, 0) is 37.6 Å². The quantitative estimate of drug-likeness (QED) is 0.832. The summed E-state index contributed by atoms with van der Waals surface area (Å²) >= 11 is 6.00. The number of nitrogens with zero attached hydrogens (tertiary/aromatic N) is 2. The molecule has 106 valence electrons. The Morgan fingerprint density at radius 2 is 2.25 bits per heavy atom. The summed E-state index contributed by atoms with van der Waals surface area (Å²) in [6.45, 7) is 2.66. The van der Waals surface area contributed by atoms with Crippen LogP contribution in [0.3, 0.4) is 0 Å². The van der Waals surface area contributed by atoms with Crippen molar-refractivity contribution < 1.29 is 4.79 Å². The molecule has 0 saturated heterocycles. The van der Waals surface area contributed by atoms with E-state index in [0.29, 0.717) is 22.8 Å². The van der Waals surface area contributed by atoms with Crippen molar-refractivity contribution in [1.82, 2.24) is 9.78 Å². The Morgan fingerprint density at radius 1 is 1.45 bits per heavy atom. The monoisotopic (exact) mass is 292 g/mol. The Hall–Kier alpha value is -2.01. The molecule has 0 fully saturated rings. The number of hydrogen-bond acceptors (Lipinski definition) is 3. The second kappa shape index (κ2) is 6.43. The van der Waals surface area contributed by atoms with Crippen molar-refractivity contribution in [3.8, 4) is 0 Å². The van der Waals surface area contributed by atoms with Crippen LogP contribution in [0, 0.1) is 6.92 Å². The minimum Gasteiger partial charge on any atom is -0.399 e. The molecule has 1 aromatic heterocycles. The van der Waals surface area contributed by atoms with E-state index in [1.165, 1.54) is 0 Å². The van der Waals surface area contributed by atoms with Crippen molar-refractivity contribution in [2.24, 2.45) is 0 Å². The molecule has 1 aromatic carbocycles. The van der Waals surface area contributed by atoms with Gasteiger partial charge in [0, 0.05) is 24.8 Å². The van der Waals surface area contributed by atoms with Gasteiger partial charge < -0.3 is 11.1 Å². The van der Waals surface area contributed by atoms with Gasteiger partial charge in [0.1, 0.15) is 0 Å². The van der Waals surface area contributed by atoms with Crippen molar-refractivity contribution in [2.45, 2.75) is 26.3 Å². The number of halogens is 1. The molecular weight excluding hydrogens is 276 g/mol. The molecule has 0 bridgehead atoms. The Balaban J connectivity index is 1.80. The fourth-order valence-corrected chi connectivity index (χ4v) is 2.07. The number of anilines is 2. The molecule has 0 aliphatic heterocycles. The minimum atomic E-state index is -0.0689. The van der Waals surface area contributed by atoms with Crippen LogP contribution in [0.5, 0.6) is 0 Å². The van der Waals surface area contributed by atoms with E-state index >= 15 is 0 Å². The Bertz CT molecular complexity index is 609. The number of carbonyl (C=O) groups excluding carboxylic acids is 1. The molecule has 20 heavy (non-hydrogen) atoms. The summed E-state index contributed by atoms with van der Waals surface area (Å²) in [5.74, 6) is -0.0689. The van der Waals surface area contributed by atoms with Crippen molar-refractivity contribution in [1.29, 1.82) is 0 Å². The lowest BCUT2D eigenvalue weighted by Gasteiger charge is -2.08. The van der Waals surface area contributed by atoms with Gasteiger partial charge in [0.05, 0.1) is 16.4 Å². The molecule has 0 atom stereocenters. The summed E-state index contributed by atoms with van der Waals surface area (Å²) in [5.41, 5.74) is 7.73. The molecule has 0 aliphatic rings. The predicted octanol–water partition coefficient (Wildman–Crippen LogP) is 2.85. The number of nitrogen functional groups attached to an aromatic ring is 1. The van der Waals surface area contributed by atoms with E-state index in [1.54, 1.807) is 18.2 Å². The number of aryl methyl sites for hydroxylation is 2. The third kappa shape index (κ3) is 3.99. The van der Waals surface area contributed by atoms with Gasteiger partial charge in [0.15, 0.2) is 0 Å². The van der Waals surface area contributed by atoms with Crippen molar-refractivity contribution in [2.75, 3.05) is 11.1 Å². The standard InChI is InChI=1S/C14H17ClN4O/c1-10-6-8-19(18-10)7-2-3-14(20)17-13-5-4-11(16)9-12(13)15/h4-6,8-9H,2-3,7,16H2,1H3,(H,17,20). The van der Waals surface area contributed by atoms with Crippen LogP contribution < -0.4 is 11.1 Å². The predicted molar refractivity (Wildman–Crippen MR) is 80.7 cm³/mol. The molecule has 0 radical (unpaired) electrons. The molecule has 5 nitrogen and oxygen atoms in total. The van der Waals surface area contributed by atoms with Gasteiger partial charge >= 0.3 is 0 Å². The molecule has 2 aromatic rings. The molecule has 0 spiro atoms. The highest BCUT2D eigenvalue weighted by molar-refractivity contribution is 6.34. The van der Waals surface area contributed by atoms with Crippen LogP contribution in [-0.4, -0.2) is 15.7 Å².